The second-order valence-corrected chi connectivity index (χ2v) is 2.53. The van der Waals surface area contributed by atoms with E-state index in [1.54, 1.807) is 0 Å². The maximum atomic E-state index is 9.77. The minimum absolute atomic E-state index is 0.538. The Morgan fingerprint density at radius 2 is 2.10 bits per heavy atom. The highest BCUT2D eigenvalue weighted by molar-refractivity contribution is 5.45. The predicted molar refractivity (Wildman–Crippen MR) is 41.8 cm³/mol. The summed E-state index contributed by atoms with van der Waals surface area (Å²) in [6, 6.07) is 0.538. The fourth-order valence-corrected chi connectivity index (χ4v) is 0.640. The van der Waals surface area contributed by atoms with Gasteiger partial charge in [0.15, 0.2) is 0 Å². The molecule has 0 rings (SSSR count). The van der Waals surface area contributed by atoms with Crippen LogP contribution < -0.4 is 10.6 Å². The maximum Gasteiger partial charge on any atom is 0.207 e. The summed E-state index contributed by atoms with van der Waals surface area (Å²) >= 11 is 0. The molecule has 0 aromatic carbocycles. The number of carbonyl (C=O) groups excluding carboxylic acids is 1. The number of carbonyl (C=O) groups is 1. The Balaban J connectivity index is 2.83. The Kier molecular flexibility index (Phi) is 6.18. The minimum Gasteiger partial charge on any atom is -0.359 e. The molecule has 0 aliphatic heterocycles. The molecule has 0 heterocycles. The van der Waals surface area contributed by atoms with Crippen LogP contribution in [0.5, 0.6) is 0 Å². The Morgan fingerprint density at radius 3 is 2.60 bits per heavy atom. The zero-order chi connectivity index (χ0) is 7.82. The lowest BCUT2D eigenvalue weighted by Crippen LogP contribution is -2.26. The molecule has 0 saturated heterocycles. The van der Waals surface area contributed by atoms with Crippen molar-refractivity contribution in [3.05, 3.63) is 0 Å². The van der Waals surface area contributed by atoms with Crippen LogP contribution in [0, 0.1) is 0 Å². The van der Waals surface area contributed by atoms with Crippen molar-refractivity contribution in [2.24, 2.45) is 0 Å². The van der Waals surface area contributed by atoms with Gasteiger partial charge in [-0.2, -0.15) is 0 Å². The van der Waals surface area contributed by atoms with E-state index in [2.05, 4.69) is 24.5 Å². The van der Waals surface area contributed by atoms with Gasteiger partial charge >= 0.3 is 0 Å². The van der Waals surface area contributed by atoms with E-state index in [9.17, 15) is 4.79 Å². The van der Waals surface area contributed by atoms with Crippen LogP contribution in [0.4, 0.5) is 0 Å². The lowest BCUT2D eigenvalue weighted by Gasteiger charge is -2.06. The van der Waals surface area contributed by atoms with Crippen molar-refractivity contribution in [3.63, 3.8) is 0 Å². The second kappa shape index (κ2) is 6.55. The number of amides is 1. The first-order chi connectivity index (χ1) is 4.77. The highest BCUT2D eigenvalue weighted by Crippen LogP contribution is 1.77. The average Bonchev–Trinajstić information content (AvgIpc) is 1.87. The van der Waals surface area contributed by atoms with Crippen LogP contribution in [0.2, 0.25) is 0 Å². The van der Waals surface area contributed by atoms with E-state index in [0.717, 1.165) is 25.9 Å². The third-order valence-corrected chi connectivity index (χ3v) is 1.13. The molecule has 0 aliphatic rings. The fraction of sp³-hybridized carbons (Fsp3) is 0.857. The first-order valence-corrected chi connectivity index (χ1v) is 3.67. The number of hydrogen-bond acceptors (Lipinski definition) is 2. The van der Waals surface area contributed by atoms with Crippen LogP contribution in [-0.4, -0.2) is 25.5 Å². The van der Waals surface area contributed by atoms with Gasteiger partial charge in [0.1, 0.15) is 0 Å². The molecule has 0 saturated carbocycles. The molecule has 0 bridgehead atoms. The summed E-state index contributed by atoms with van der Waals surface area (Å²) in [5.41, 5.74) is 0. The highest BCUT2D eigenvalue weighted by Gasteiger charge is 1.89. The first-order valence-electron chi connectivity index (χ1n) is 3.67. The molecule has 0 aromatic rings. The Labute approximate surface area is 62.2 Å². The molecular formula is C7H16N2O. The molecule has 3 nitrogen and oxygen atoms in total. The first kappa shape index (κ1) is 9.43. The molecule has 1 amide bonds. The summed E-state index contributed by atoms with van der Waals surface area (Å²) < 4.78 is 0. The van der Waals surface area contributed by atoms with Gasteiger partial charge < -0.3 is 10.6 Å². The lowest BCUT2D eigenvalue weighted by molar-refractivity contribution is -0.109. The Morgan fingerprint density at radius 1 is 1.40 bits per heavy atom. The predicted octanol–water partition coefficient (Wildman–Crippen LogP) is 0.120. The van der Waals surface area contributed by atoms with Crippen molar-refractivity contribution < 1.29 is 4.79 Å². The molecular weight excluding hydrogens is 128 g/mol. The van der Waals surface area contributed by atoms with Crippen molar-refractivity contribution in [2.75, 3.05) is 13.1 Å². The summed E-state index contributed by atoms with van der Waals surface area (Å²) in [6.07, 6.45) is 1.73. The average molecular weight is 144 g/mol. The van der Waals surface area contributed by atoms with Gasteiger partial charge in [0, 0.05) is 12.6 Å². The number of nitrogens with one attached hydrogen (secondary N) is 2. The topological polar surface area (TPSA) is 41.1 Å². The summed E-state index contributed by atoms with van der Waals surface area (Å²) in [4.78, 5) is 9.77. The molecule has 0 unspecified atom stereocenters. The molecule has 10 heavy (non-hydrogen) atoms. The maximum absolute atomic E-state index is 9.77. The normalized spacial score (nSPS) is 9.90. The van der Waals surface area contributed by atoms with Gasteiger partial charge in [-0.05, 0) is 13.0 Å². The lowest BCUT2D eigenvalue weighted by atomic mass is 10.3. The van der Waals surface area contributed by atoms with Gasteiger partial charge in [-0.15, -0.1) is 0 Å². The summed E-state index contributed by atoms with van der Waals surface area (Å²) in [6.45, 7) is 5.95. The monoisotopic (exact) mass is 144 g/mol. The van der Waals surface area contributed by atoms with Crippen molar-refractivity contribution in [2.45, 2.75) is 26.3 Å². The van der Waals surface area contributed by atoms with E-state index in [4.69, 9.17) is 0 Å². The van der Waals surface area contributed by atoms with Crippen LogP contribution in [0.3, 0.4) is 0 Å². The van der Waals surface area contributed by atoms with Gasteiger partial charge in [-0.1, -0.05) is 13.8 Å². The van der Waals surface area contributed by atoms with Crippen molar-refractivity contribution >= 4 is 6.41 Å². The van der Waals surface area contributed by atoms with E-state index >= 15 is 0 Å². The molecule has 2 N–H and O–H groups in total. The second-order valence-electron chi connectivity index (χ2n) is 2.53. The number of hydrogen-bond donors (Lipinski definition) is 2. The molecule has 0 fully saturated rings. The van der Waals surface area contributed by atoms with Gasteiger partial charge in [-0.25, -0.2) is 0 Å². The molecule has 0 aromatic heterocycles. The minimum atomic E-state index is 0.538. The van der Waals surface area contributed by atoms with Crippen LogP contribution in [0.1, 0.15) is 20.3 Å². The summed E-state index contributed by atoms with van der Waals surface area (Å²) in [5, 5.41) is 5.85. The zero-order valence-corrected chi connectivity index (χ0v) is 6.68. The third-order valence-electron chi connectivity index (χ3n) is 1.13. The number of rotatable bonds is 6. The van der Waals surface area contributed by atoms with E-state index in [1.807, 2.05) is 0 Å². The zero-order valence-electron chi connectivity index (χ0n) is 6.68. The van der Waals surface area contributed by atoms with Gasteiger partial charge in [0.25, 0.3) is 0 Å². The fourth-order valence-electron chi connectivity index (χ4n) is 0.640. The molecule has 60 valence electrons. The SMILES string of the molecule is CC(C)NCCCNC=O. The molecule has 3 heteroatoms. The van der Waals surface area contributed by atoms with Gasteiger partial charge in [0.2, 0.25) is 6.41 Å². The van der Waals surface area contributed by atoms with Crippen LogP contribution in [0.25, 0.3) is 0 Å². The quantitative estimate of drug-likeness (QED) is 0.410. The van der Waals surface area contributed by atoms with E-state index in [0.29, 0.717) is 6.04 Å². The summed E-state index contributed by atoms with van der Waals surface area (Å²) in [5.74, 6) is 0. The van der Waals surface area contributed by atoms with Crippen molar-refractivity contribution in [1.82, 2.24) is 10.6 Å². The molecule has 0 spiro atoms. The van der Waals surface area contributed by atoms with Crippen LogP contribution in [-0.2, 0) is 4.79 Å². The van der Waals surface area contributed by atoms with Crippen LogP contribution in [0.15, 0.2) is 0 Å². The van der Waals surface area contributed by atoms with E-state index in [1.165, 1.54) is 0 Å². The van der Waals surface area contributed by atoms with Crippen molar-refractivity contribution in [1.29, 1.82) is 0 Å². The smallest absolute Gasteiger partial charge is 0.207 e. The standard InChI is InChI=1S/C7H16N2O/c1-7(2)9-5-3-4-8-6-10/h6-7,9H,3-5H2,1-2H3,(H,8,10). The molecule has 0 aliphatic carbocycles. The van der Waals surface area contributed by atoms with Crippen molar-refractivity contribution in [3.8, 4) is 0 Å². The third kappa shape index (κ3) is 7.43. The van der Waals surface area contributed by atoms with Gasteiger partial charge in [-0.3, -0.25) is 4.79 Å². The summed E-state index contributed by atoms with van der Waals surface area (Å²) in [7, 11) is 0. The van der Waals surface area contributed by atoms with E-state index in [-0.39, 0.29) is 0 Å². The Hall–Kier alpha value is -0.570. The molecule has 0 radical (unpaired) electrons. The van der Waals surface area contributed by atoms with E-state index < -0.39 is 0 Å². The van der Waals surface area contributed by atoms with Crippen LogP contribution >= 0.6 is 0 Å². The highest BCUT2D eigenvalue weighted by atomic mass is 16.1. The van der Waals surface area contributed by atoms with Gasteiger partial charge in [0.05, 0.1) is 0 Å². The Bertz CT molecular complexity index is 83.7. The molecule has 0 atom stereocenters. The largest absolute Gasteiger partial charge is 0.359 e.